The highest BCUT2D eigenvalue weighted by atomic mass is 16.4. The van der Waals surface area contributed by atoms with E-state index in [1.807, 2.05) is 6.92 Å². The summed E-state index contributed by atoms with van der Waals surface area (Å²) >= 11 is 0. The molecule has 0 saturated heterocycles. The van der Waals surface area contributed by atoms with E-state index in [2.05, 4.69) is 5.32 Å². The van der Waals surface area contributed by atoms with Gasteiger partial charge in [-0.2, -0.15) is 0 Å². The first-order chi connectivity index (χ1) is 14.5. The van der Waals surface area contributed by atoms with Gasteiger partial charge in [0.25, 0.3) is 0 Å². The molecule has 0 spiro atoms. The average Bonchev–Trinajstić information content (AvgIpc) is 2.73. The highest BCUT2D eigenvalue weighted by Crippen LogP contribution is 2.43. The molecule has 30 heavy (non-hydrogen) atoms. The summed E-state index contributed by atoms with van der Waals surface area (Å²) in [6.45, 7) is 3.19. The predicted molar refractivity (Wildman–Crippen MR) is 115 cm³/mol. The molecular formula is C24H21NO5. The Balaban J connectivity index is 2.12. The van der Waals surface area contributed by atoms with E-state index in [9.17, 15) is 19.8 Å². The van der Waals surface area contributed by atoms with Gasteiger partial charge in [0.15, 0.2) is 5.43 Å². The Hall–Kier alpha value is -3.64. The second-order valence-corrected chi connectivity index (χ2v) is 7.10. The van der Waals surface area contributed by atoms with Crippen molar-refractivity contribution < 1.29 is 19.4 Å². The number of hydrogen-bond acceptors (Lipinski definition) is 5. The lowest BCUT2D eigenvalue weighted by molar-refractivity contribution is 0.0697. The molecule has 2 aliphatic rings. The van der Waals surface area contributed by atoms with Gasteiger partial charge in [-0.05, 0) is 48.9 Å². The van der Waals surface area contributed by atoms with Gasteiger partial charge in [0.2, 0.25) is 0 Å². The third-order valence-corrected chi connectivity index (χ3v) is 5.09. The molecule has 0 atom stereocenters. The molecule has 0 fully saturated rings. The molecule has 2 aromatic carbocycles. The van der Waals surface area contributed by atoms with Crippen LogP contribution in [-0.2, 0) is 6.54 Å². The Labute approximate surface area is 172 Å². The summed E-state index contributed by atoms with van der Waals surface area (Å²) in [5.41, 5.74) is 2.73. The summed E-state index contributed by atoms with van der Waals surface area (Å²) in [6, 6.07) is 14.5. The molecule has 0 unspecified atom stereocenters. The maximum absolute atomic E-state index is 12.0. The van der Waals surface area contributed by atoms with Crippen LogP contribution in [0.3, 0.4) is 0 Å². The molecular weight excluding hydrogens is 382 g/mol. The quantitative estimate of drug-likeness (QED) is 0.324. The Morgan fingerprint density at radius 1 is 1.07 bits per heavy atom. The van der Waals surface area contributed by atoms with Crippen molar-refractivity contribution in [1.29, 1.82) is 0 Å². The molecule has 0 radical (unpaired) electrons. The fourth-order valence-corrected chi connectivity index (χ4v) is 3.72. The lowest BCUT2D eigenvalue weighted by Gasteiger charge is -2.18. The van der Waals surface area contributed by atoms with Gasteiger partial charge in [0.1, 0.15) is 17.1 Å². The molecule has 0 amide bonds. The number of carbonyl (C=O) groups is 1. The zero-order valence-electron chi connectivity index (χ0n) is 16.4. The molecule has 1 aliphatic carbocycles. The molecule has 4 rings (SSSR count). The van der Waals surface area contributed by atoms with Gasteiger partial charge in [0.05, 0.1) is 11.1 Å². The van der Waals surface area contributed by atoms with Crippen LogP contribution in [0.5, 0.6) is 5.75 Å². The standard InChI is InChI=1S/C24H21NO5/c1-2-11-25-13-19-20(27)10-9-18-22(15-5-3-4-6-16(15)24(28)29)17-8-7-14(26)12-21(17)30-23(18)19/h3-10,12,25,27H,2,11,13H2,1H3,(H,28,29). The highest BCUT2D eigenvalue weighted by molar-refractivity contribution is 6.08. The van der Waals surface area contributed by atoms with E-state index in [0.29, 0.717) is 45.5 Å². The van der Waals surface area contributed by atoms with E-state index in [-0.39, 0.29) is 16.7 Å². The van der Waals surface area contributed by atoms with Crippen LogP contribution < -0.4 is 10.7 Å². The number of phenols is 1. The number of benzene rings is 3. The lowest BCUT2D eigenvalue weighted by Crippen LogP contribution is -2.14. The number of aromatic carboxylic acids is 1. The van der Waals surface area contributed by atoms with Crippen LogP contribution in [-0.4, -0.2) is 22.7 Å². The Bertz CT molecular complexity index is 1270. The number of phenolic OH excluding ortho intramolecular Hbond substituents is 1. The molecule has 0 saturated carbocycles. The summed E-state index contributed by atoms with van der Waals surface area (Å²) in [4.78, 5) is 23.9. The van der Waals surface area contributed by atoms with Crippen molar-refractivity contribution in [1.82, 2.24) is 5.32 Å². The summed E-state index contributed by atoms with van der Waals surface area (Å²) in [5.74, 6) is -0.630. The van der Waals surface area contributed by atoms with E-state index in [1.54, 1.807) is 42.5 Å². The maximum atomic E-state index is 12.0. The maximum Gasteiger partial charge on any atom is 0.336 e. The van der Waals surface area contributed by atoms with Crippen molar-refractivity contribution in [2.75, 3.05) is 6.54 Å². The summed E-state index contributed by atoms with van der Waals surface area (Å²) < 4.78 is 6.08. The van der Waals surface area contributed by atoms with Gasteiger partial charge in [-0.3, -0.25) is 4.79 Å². The van der Waals surface area contributed by atoms with Crippen LogP contribution in [0.15, 0.2) is 63.8 Å². The Morgan fingerprint density at radius 3 is 2.63 bits per heavy atom. The first-order valence-corrected chi connectivity index (χ1v) is 9.76. The first-order valence-electron chi connectivity index (χ1n) is 9.76. The Kier molecular flexibility index (Phi) is 5.25. The van der Waals surface area contributed by atoms with Crippen molar-refractivity contribution in [2.24, 2.45) is 0 Å². The zero-order chi connectivity index (χ0) is 21.3. The third-order valence-electron chi connectivity index (χ3n) is 5.09. The lowest BCUT2D eigenvalue weighted by atomic mass is 9.90. The van der Waals surface area contributed by atoms with Crippen LogP contribution in [0.1, 0.15) is 29.3 Å². The first kappa shape index (κ1) is 19.7. The number of aromatic hydroxyl groups is 1. The minimum atomic E-state index is -1.04. The van der Waals surface area contributed by atoms with Gasteiger partial charge < -0.3 is 19.9 Å². The predicted octanol–water partition coefficient (Wildman–Crippen LogP) is 4.47. The van der Waals surface area contributed by atoms with Gasteiger partial charge in [-0.25, -0.2) is 4.79 Å². The van der Waals surface area contributed by atoms with Gasteiger partial charge >= 0.3 is 5.97 Å². The molecule has 1 aliphatic heterocycles. The summed E-state index contributed by atoms with van der Waals surface area (Å²) in [5, 5.41) is 24.1. The minimum Gasteiger partial charge on any atom is -0.507 e. The van der Waals surface area contributed by atoms with E-state index >= 15 is 0 Å². The minimum absolute atomic E-state index is 0.0740. The monoisotopic (exact) mass is 403 g/mol. The highest BCUT2D eigenvalue weighted by Gasteiger charge is 2.23. The molecule has 1 heterocycles. The van der Waals surface area contributed by atoms with E-state index in [1.165, 1.54) is 12.1 Å². The number of fused-ring (bicyclic) bond motifs is 2. The third kappa shape index (κ3) is 3.42. The number of carboxylic acid groups (broad SMARTS) is 1. The van der Waals surface area contributed by atoms with Crippen LogP contribution in [0.2, 0.25) is 0 Å². The van der Waals surface area contributed by atoms with Crippen molar-refractivity contribution >= 4 is 16.9 Å². The normalized spacial score (nSPS) is 11.2. The molecule has 0 aromatic heterocycles. The number of hydrogen-bond donors (Lipinski definition) is 3. The van der Waals surface area contributed by atoms with E-state index in [0.717, 1.165) is 13.0 Å². The fraction of sp³-hybridized carbons (Fsp3) is 0.167. The van der Waals surface area contributed by atoms with Crippen molar-refractivity contribution in [3.63, 3.8) is 0 Å². The molecule has 3 N–H and O–H groups in total. The largest absolute Gasteiger partial charge is 0.507 e. The van der Waals surface area contributed by atoms with Crippen LogP contribution >= 0.6 is 0 Å². The van der Waals surface area contributed by atoms with Gasteiger partial charge in [-0.1, -0.05) is 25.1 Å². The molecule has 6 nitrogen and oxygen atoms in total. The fourth-order valence-electron chi connectivity index (χ4n) is 3.72. The molecule has 6 heteroatoms. The van der Waals surface area contributed by atoms with Crippen molar-refractivity contribution in [3.05, 3.63) is 75.9 Å². The van der Waals surface area contributed by atoms with Crippen LogP contribution in [0.4, 0.5) is 0 Å². The smallest absolute Gasteiger partial charge is 0.336 e. The van der Waals surface area contributed by atoms with Crippen molar-refractivity contribution in [3.8, 4) is 28.2 Å². The molecule has 0 bridgehead atoms. The van der Waals surface area contributed by atoms with Gasteiger partial charge in [0, 0.05) is 29.1 Å². The number of carboxylic acids is 1. The zero-order valence-corrected chi connectivity index (χ0v) is 16.4. The second kappa shape index (κ2) is 8.00. The van der Waals surface area contributed by atoms with Crippen LogP contribution in [0, 0.1) is 0 Å². The number of rotatable bonds is 6. The van der Waals surface area contributed by atoms with Crippen molar-refractivity contribution in [2.45, 2.75) is 19.9 Å². The second-order valence-electron chi connectivity index (χ2n) is 7.10. The summed E-state index contributed by atoms with van der Waals surface area (Å²) in [7, 11) is 0. The van der Waals surface area contributed by atoms with Gasteiger partial charge in [-0.15, -0.1) is 0 Å². The molecule has 2 aromatic rings. The number of nitrogens with one attached hydrogen (secondary N) is 1. The SMILES string of the molecule is CCCNCc1c(O)ccc2c(-c3ccccc3C(=O)O)c3ccc(=O)cc-3oc12. The topological polar surface area (TPSA) is 99.8 Å². The van der Waals surface area contributed by atoms with E-state index < -0.39 is 5.97 Å². The summed E-state index contributed by atoms with van der Waals surface area (Å²) in [6.07, 6.45) is 0.933. The average molecular weight is 403 g/mol. The molecule has 152 valence electrons. The Morgan fingerprint density at radius 2 is 1.87 bits per heavy atom. The van der Waals surface area contributed by atoms with E-state index in [4.69, 9.17) is 4.42 Å². The van der Waals surface area contributed by atoms with Crippen LogP contribution in [0.25, 0.3) is 33.4 Å².